The van der Waals surface area contributed by atoms with Gasteiger partial charge in [-0.1, -0.05) is 13.0 Å². The molecule has 10 heteroatoms. The van der Waals surface area contributed by atoms with Gasteiger partial charge in [0, 0.05) is 37.3 Å². The van der Waals surface area contributed by atoms with Crippen molar-refractivity contribution in [3.05, 3.63) is 65.0 Å². The van der Waals surface area contributed by atoms with Crippen LogP contribution in [-0.2, 0) is 16.4 Å². The summed E-state index contributed by atoms with van der Waals surface area (Å²) >= 11 is 1.54. The van der Waals surface area contributed by atoms with Gasteiger partial charge >= 0.3 is 0 Å². The largest absolute Gasteiger partial charge is 0.305 e. The van der Waals surface area contributed by atoms with Crippen molar-refractivity contribution in [3.63, 3.8) is 0 Å². The number of aromatic nitrogens is 3. The molecule has 3 aromatic heterocycles. The van der Waals surface area contributed by atoms with Crippen molar-refractivity contribution in [1.82, 2.24) is 18.7 Å². The van der Waals surface area contributed by atoms with Crippen molar-refractivity contribution in [3.8, 4) is 11.3 Å². The first-order valence-electron chi connectivity index (χ1n) is 12.2. The lowest BCUT2D eigenvalue weighted by molar-refractivity contribution is 0.319. The molecule has 1 aliphatic rings. The standard InChI is InChI=1S/C26H30FN5O2S2/c1-4-22-25(30(3)26-29-23(17-35-26)19-6-9-21(27)10-7-19)32-16-20(8-11-24(32)28-22)18-12-14-31(15-13-18)36(33,34)5-2/h6-11,16-18H,4-5,12-15H2,1-3H3. The van der Waals surface area contributed by atoms with Crippen LogP contribution in [0.5, 0.6) is 0 Å². The average molecular weight is 528 g/mol. The zero-order valence-electron chi connectivity index (χ0n) is 20.7. The maximum Gasteiger partial charge on any atom is 0.213 e. The number of benzene rings is 1. The first kappa shape index (κ1) is 24.9. The van der Waals surface area contributed by atoms with Gasteiger partial charge in [-0.05, 0) is 68.0 Å². The summed E-state index contributed by atoms with van der Waals surface area (Å²) in [5, 5.41) is 2.81. The van der Waals surface area contributed by atoms with E-state index in [1.165, 1.54) is 29.0 Å². The van der Waals surface area contributed by atoms with Gasteiger partial charge in [-0.25, -0.2) is 27.1 Å². The summed E-state index contributed by atoms with van der Waals surface area (Å²) in [5.74, 6) is 1.15. The van der Waals surface area contributed by atoms with Crippen LogP contribution >= 0.6 is 11.3 Å². The molecule has 0 aliphatic carbocycles. The molecule has 5 rings (SSSR count). The van der Waals surface area contributed by atoms with Crippen LogP contribution in [0.4, 0.5) is 15.3 Å². The molecule has 36 heavy (non-hydrogen) atoms. The van der Waals surface area contributed by atoms with Gasteiger partial charge in [0.05, 0.1) is 17.1 Å². The van der Waals surface area contributed by atoms with E-state index in [0.29, 0.717) is 19.0 Å². The maximum absolute atomic E-state index is 13.3. The van der Waals surface area contributed by atoms with E-state index in [1.807, 2.05) is 18.5 Å². The number of anilines is 2. The second kappa shape index (κ2) is 9.91. The minimum Gasteiger partial charge on any atom is -0.305 e. The highest BCUT2D eigenvalue weighted by Gasteiger charge is 2.28. The summed E-state index contributed by atoms with van der Waals surface area (Å²) in [6.45, 7) is 4.90. The minimum atomic E-state index is -3.14. The molecule has 0 radical (unpaired) electrons. The maximum atomic E-state index is 13.3. The van der Waals surface area contributed by atoms with Crippen LogP contribution in [0.3, 0.4) is 0 Å². The van der Waals surface area contributed by atoms with Crippen molar-refractivity contribution < 1.29 is 12.8 Å². The lowest BCUT2D eigenvalue weighted by Gasteiger charge is -2.31. The second-order valence-corrected chi connectivity index (χ2v) is 12.2. The molecule has 1 fully saturated rings. The fraction of sp³-hybridized carbons (Fsp3) is 0.385. The van der Waals surface area contributed by atoms with E-state index >= 15 is 0 Å². The highest BCUT2D eigenvalue weighted by atomic mass is 32.2. The summed E-state index contributed by atoms with van der Waals surface area (Å²) in [4.78, 5) is 11.7. The number of imidazole rings is 1. The van der Waals surface area contributed by atoms with E-state index in [9.17, 15) is 12.8 Å². The molecule has 1 saturated heterocycles. The number of rotatable bonds is 7. The number of hydrogen-bond acceptors (Lipinski definition) is 6. The third-order valence-corrected chi connectivity index (χ3v) is 9.74. The molecule has 4 heterocycles. The Balaban J connectivity index is 1.44. The highest BCUT2D eigenvalue weighted by molar-refractivity contribution is 7.89. The Hall–Kier alpha value is -2.82. The van der Waals surface area contributed by atoms with Crippen LogP contribution in [0.2, 0.25) is 0 Å². The molecule has 0 amide bonds. The SMILES string of the molecule is CCc1nc2ccc(C3CCN(S(=O)(=O)CC)CC3)cn2c1N(C)c1nc(-c2ccc(F)cc2)cs1. The lowest BCUT2D eigenvalue weighted by Crippen LogP contribution is -2.38. The van der Waals surface area contributed by atoms with E-state index in [-0.39, 0.29) is 11.6 Å². The highest BCUT2D eigenvalue weighted by Crippen LogP contribution is 2.35. The van der Waals surface area contributed by atoms with Gasteiger partial charge in [-0.15, -0.1) is 11.3 Å². The molecule has 1 aromatic carbocycles. The zero-order valence-corrected chi connectivity index (χ0v) is 22.3. The van der Waals surface area contributed by atoms with E-state index in [4.69, 9.17) is 9.97 Å². The van der Waals surface area contributed by atoms with Crippen LogP contribution in [0.25, 0.3) is 16.9 Å². The average Bonchev–Trinajstić information content (AvgIpc) is 3.53. The molecular weight excluding hydrogens is 497 g/mol. The normalized spacial score (nSPS) is 15.6. The van der Waals surface area contributed by atoms with Gasteiger partial charge in [-0.3, -0.25) is 4.40 Å². The Morgan fingerprint density at radius 3 is 2.47 bits per heavy atom. The lowest BCUT2D eigenvalue weighted by atomic mass is 9.91. The fourth-order valence-corrected chi connectivity index (χ4v) is 6.78. The molecule has 1 aliphatic heterocycles. The monoisotopic (exact) mass is 527 g/mol. The summed E-state index contributed by atoms with van der Waals surface area (Å²) in [6.07, 6.45) is 4.54. The molecular formula is C26H30FN5O2S2. The Morgan fingerprint density at radius 2 is 1.81 bits per heavy atom. The quantitative estimate of drug-likeness (QED) is 0.319. The molecule has 0 N–H and O–H groups in total. The van der Waals surface area contributed by atoms with Gasteiger partial charge in [0.15, 0.2) is 5.13 Å². The van der Waals surface area contributed by atoms with E-state index in [1.54, 1.807) is 23.4 Å². The number of nitrogens with zero attached hydrogens (tertiary/aromatic N) is 5. The minimum absolute atomic E-state index is 0.147. The van der Waals surface area contributed by atoms with Gasteiger partial charge < -0.3 is 4.90 Å². The molecule has 190 valence electrons. The first-order chi connectivity index (χ1) is 17.3. The Kier molecular flexibility index (Phi) is 6.84. The van der Waals surface area contributed by atoms with E-state index < -0.39 is 10.0 Å². The topological polar surface area (TPSA) is 70.8 Å². The fourth-order valence-electron chi connectivity index (χ4n) is 4.84. The summed E-state index contributed by atoms with van der Waals surface area (Å²) in [6, 6.07) is 10.5. The molecule has 0 spiro atoms. The van der Waals surface area contributed by atoms with Gasteiger partial charge in [0.1, 0.15) is 17.3 Å². The second-order valence-electron chi connectivity index (χ2n) is 9.08. The van der Waals surface area contributed by atoms with Gasteiger partial charge in [0.25, 0.3) is 0 Å². The number of thiazole rings is 1. The number of sulfonamides is 1. The summed E-state index contributed by atoms with van der Waals surface area (Å²) in [7, 11) is -1.15. The molecule has 7 nitrogen and oxygen atoms in total. The number of halogens is 1. The predicted molar refractivity (Wildman–Crippen MR) is 143 cm³/mol. The van der Waals surface area contributed by atoms with Crippen molar-refractivity contribution in [2.24, 2.45) is 0 Å². The molecule has 4 aromatic rings. The van der Waals surface area contributed by atoms with Crippen molar-refractivity contribution >= 4 is 38.0 Å². The number of aryl methyl sites for hydroxylation is 1. The Bertz CT molecular complexity index is 1470. The van der Waals surface area contributed by atoms with Crippen molar-refractivity contribution in [2.45, 2.75) is 39.0 Å². The van der Waals surface area contributed by atoms with Gasteiger partial charge in [-0.2, -0.15) is 0 Å². The molecule has 0 bridgehead atoms. The number of piperidine rings is 1. The van der Waals surface area contributed by atoms with Crippen molar-refractivity contribution in [1.29, 1.82) is 0 Å². The predicted octanol–water partition coefficient (Wildman–Crippen LogP) is 5.46. The van der Waals surface area contributed by atoms with Crippen LogP contribution < -0.4 is 4.90 Å². The first-order valence-corrected chi connectivity index (χ1v) is 14.7. The summed E-state index contributed by atoms with van der Waals surface area (Å²) in [5.41, 5.74) is 4.73. The molecule has 0 unspecified atom stereocenters. The Labute approximate surface area is 215 Å². The van der Waals surface area contributed by atoms with Crippen LogP contribution in [-0.4, -0.2) is 53.0 Å². The molecule has 0 atom stereocenters. The third kappa shape index (κ3) is 4.65. The van der Waals surface area contributed by atoms with Crippen LogP contribution in [0, 0.1) is 5.82 Å². The van der Waals surface area contributed by atoms with Crippen molar-refractivity contribution in [2.75, 3.05) is 30.8 Å². The van der Waals surface area contributed by atoms with E-state index in [2.05, 4.69) is 28.5 Å². The number of fused-ring (bicyclic) bond motifs is 1. The van der Waals surface area contributed by atoms with E-state index in [0.717, 1.165) is 52.8 Å². The molecule has 0 saturated carbocycles. The Morgan fingerprint density at radius 1 is 1.08 bits per heavy atom. The third-order valence-electron chi connectivity index (χ3n) is 6.94. The van der Waals surface area contributed by atoms with Gasteiger partial charge in [0.2, 0.25) is 10.0 Å². The summed E-state index contributed by atoms with van der Waals surface area (Å²) < 4.78 is 41.6. The zero-order chi connectivity index (χ0) is 25.4. The smallest absolute Gasteiger partial charge is 0.213 e. The number of pyridine rings is 1. The van der Waals surface area contributed by atoms with Crippen LogP contribution in [0.1, 0.15) is 43.9 Å². The van der Waals surface area contributed by atoms with Crippen LogP contribution in [0.15, 0.2) is 48.0 Å². The number of hydrogen-bond donors (Lipinski definition) is 0.